The van der Waals surface area contributed by atoms with Crippen LogP contribution in [0.1, 0.15) is 16.2 Å². The minimum Gasteiger partial charge on any atom is -0.543 e. The van der Waals surface area contributed by atoms with Crippen molar-refractivity contribution in [3.63, 3.8) is 0 Å². The van der Waals surface area contributed by atoms with Crippen molar-refractivity contribution in [2.75, 3.05) is 0 Å². The molecule has 16 heavy (non-hydrogen) atoms. The van der Waals surface area contributed by atoms with Gasteiger partial charge in [0.05, 0.1) is 17.4 Å². The molecule has 0 atom stereocenters. The van der Waals surface area contributed by atoms with Gasteiger partial charge in [-0.3, -0.25) is 0 Å². The minimum absolute atomic E-state index is 0.136. The molecule has 0 aliphatic rings. The molecule has 0 spiro atoms. The molecule has 6 heteroatoms. The van der Waals surface area contributed by atoms with E-state index in [0.29, 0.717) is 5.69 Å². The Morgan fingerprint density at radius 2 is 2.00 bits per heavy atom. The van der Waals surface area contributed by atoms with Gasteiger partial charge in [0.15, 0.2) is 0 Å². The SMILES string of the molecule is Cc1c(C(=O)[O-])nnn1-c1ccc(Br)cc1. The molecule has 0 aliphatic carbocycles. The fourth-order valence-electron chi connectivity index (χ4n) is 1.35. The first-order chi connectivity index (χ1) is 7.59. The van der Waals surface area contributed by atoms with E-state index in [2.05, 4.69) is 26.2 Å². The van der Waals surface area contributed by atoms with Crippen LogP contribution in [-0.2, 0) is 0 Å². The molecular weight excluding hydrogens is 274 g/mol. The highest BCUT2D eigenvalue weighted by molar-refractivity contribution is 9.10. The number of aromatic nitrogens is 3. The molecule has 82 valence electrons. The summed E-state index contributed by atoms with van der Waals surface area (Å²) in [5, 5.41) is 18.0. The molecule has 0 amide bonds. The molecule has 1 aromatic carbocycles. The van der Waals surface area contributed by atoms with Gasteiger partial charge in [-0.15, -0.1) is 5.10 Å². The zero-order valence-electron chi connectivity index (χ0n) is 8.35. The Hall–Kier alpha value is -1.69. The fourth-order valence-corrected chi connectivity index (χ4v) is 1.61. The third-order valence-corrected chi connectivity index (χ3v) is 2.69. The Labute approximate surface area is 99.8 Å². The lowest BCUT2D eigenvalue weighted by atomic mass is 10.3. The van der Waals surface area contributed by atoms with Crippen molar-refractivity contribution in [2.24, 2.45) is 0 Å². The second kappa shape index (κ2) is 4.05. The van der Waals surface area contributed by atoms with Gasteiger partial charge in [-0.2, -0.15) is 0 Å². The van der Waals surface area contributed by atoms with Gasteiger partial charge in [0.25, 0.3) is 0 Å². The molecule has 0 radical (unpaired) electrons. The summed E-state index contributed by atoms with van der Waals surface area (Å²) in [6.07, 6.45) is 0. The maximum atomic E-state index is 10.7. The number of hydrogen-bond acceptors (Lipinski definition) is 4. The number of benzene rings is 1. The average molecular weight is 281 g/mol. The highest BCUT2D eigenvalue weighted by Crippen LogP contribution is 2.15. The lowest BCUT2D eigenvalue weighted by molar-refractivity contribution is -0.255. The van der Waals surface area contributed by atoms with Crippen LogP contribution < -0.4 is 5.11 Å². The van der Waals surface area contributed by atoms with Crippen molar-refractivity contribution in [3.05, 3.63) is 40.1 Å². The van der Waals surface area contributed by atoms with Gasteiger partial charge in [-0.25, -0.2) is 4.68 Å². The summed E-state index contributed by atoms with van der Waals surface area (Å²) in [4.78, 5) is 10.7. The van der Waals surface area contributed by atoms with Crippen LogP contribution in [0.4, 0.5) is 0 Å². The van der Waals surface area contributed by atoms with Gasteiger partial charge in [0.1, 0.15) is 5.69 Å². The number of nitrogens with zero attached hydrogens (tertiary/aromatic N) is 3. The zero-order chi connectivity index (χ0) is 11.7. The van der Waals surface area contributed by atoms with Crippen molar-refractivity contribution >= 4 is 21.9 Å². The monoisotopic (exact) mass is 280 g/mol. The number of halogens is 1. The van der Waals surface area contributed by atoms with Crippen LogP contribution in [0.25, 0.3) is 5.69 Å². The van der Waals surface area contributed by atoms with E-state index in [1.165, 1.54) is 4.68 Å². The second-order valence-electron chi connectivity index (χ2n) is 3.20. The molecule has 0 bridgehead atoms. The fraction of sp³-hybridized carbons (Fsp3) is 0.100. The summed E-state index contributed by atoms with van der Waals surface area (Å²) in [5.41, 5.74) is 1.06. The highest BCUT2D eigenvalue weighted by Gasteiger charge is 2.10. The quantitative estimate of drug-likeness (QED) is 0.812. The predicted molar refractivity (Wildman–Crippen MR) is 58.1 cm³/mol. The van der Waals surface area contributed by atoms with Crippen LogP contribution in [0.5, 0.6) is 0 Å². The van der Waals surface area contributed by atoms with Crippen LogP contribution in [0.3, 0.4) is 0 Å². The topological polar surface area (TPSA) is 70.8 Å². The second-order valence-corrected chi connectivity index (χ2v) is 4.11. The molecule has 0 aliphatic heterocycles. The summed E-state index contributed by atoms with van der Waals surface area (Å²) in [6.45, 7) is 1.63. The largest absolute Gasteiger partial charge is 0.543 e. The van der Waals surface area contributed by atoms with E-state index in [4.69, 9.17) is 0 Å². The van der Waals surface area contributed by atoms with Crippen LogP contribution in [0.2, 0.25) is 0 Å². The Morgan fingerprint density at radius 1 is 1.38 bits per heavy atom. The van der Waals surface area contributed by atoms with Gasteiger partial charge in [-0.1, -0.05) is 21.1 Å². The van der Waals surface area contributed by atoms with Crippen molar-refractivity contribution in [3.8, 4) is 5.69 Å². The molecule has 5 nitrogen and oxygen atoms in total. The van der Waals surface area contributed by atoms with Gasteiger partial charge in [0.2, 0.25) is 0 Å². The number of carboxylic acid groups (broad SMARTS) is 1. The van der Waals surface area contributed by atoms with E-state index < -0.39 is 5.97 Å². The van der Waals surface area contributed by atoms with E-state index in [1.54, 1.807) is 6.92 Å². The Morgan fingerprint density at radius 3 is 2.50 bits per heavy atom. The maximum Gasteiger partial charge on any atom is 0.131 e. The van der Waals surface area contributed by atoms with Crippen molar-refractivity contribution in [1.82, 2.24) is 15.0 Å². The number of carboxylic acids is 1. The van der Waals surface area contributed by atoms with E-state index >= 15 is 0 Å². The third kappa shape index (κ3) is 1.83. The minimum atomic E-state index is -1.32. The summed E-state index contributed by atoms with van der Waals surface area (Å²) in [7, 11) is 0. The van der Waals surface area contributed by atoms with Gasteiger partial charge in [-0.05, 0) is 31.2 Å². The van der Waals surface area contributed by atoms with Crippen LogP contribution in [0.15, 0.2) is 28.7 Å². The first-order valence-corrected chi connectivity index (χ1v) is 5.28. The molecule has 0 saturated carbocycles. The summed E-state index contributed by atoms with van der Waals surface area (Å²) >= 11 is 3.32. The summed E-state index contributed by atoms with van der Waals surface area (Å²) < 4.78 is 2.39. The smallest absolute Gasteiger partial charge is 0.131 e. The average Bonchev–Trinajstić information content (AvgIpc) is 2.61. The van der Waals surface area contributed by atoms with Crippen LogP contribution >= 0.6 is 15.9 Å². The lowest BCUT2D eigenvalue weighted by Gasteiger charge is -2.03. The van der Waals surface area contributed by atoms with Gasteiger partial charge in [0, 0.05) is 4.47 Å². The van der Waals surface area contributed by atoms with E-state index in [0.717, 1.165) is 10.2 Å². The Balaban J connectivity index is 2.49. The maximum absolute atomic E-state index is 10.7. The van der Waals surface area contributed by atoms with Crippen molar-refractivity contribution in [2.45, 2.75) is 6.92 Å². The number of hydrogen-bond donors (Lipinski definition) is 0. The molecule has 2 rings (SSSR count). The molecule has 2 aromatic rings. The molecule has 0 saturated heterocycles. The molecule has 1 aromatic heterocycles. The molecule has 0 unspecified atom stereocenters. The Bertz CT molecular complexity index is 533. The Kier molecular flexibility index (Phi) is 2.74. The van der Waals surface area contributed by atoms with Crippen molar-refractivity contribution in [1.29, 1.82) is 0 Å². The number of rotatable bonds is 2. The first-order valence-electron chi connectivity index (χ1n) is 4.49. The zero-order valence-corrected chi connectivity index (χ0v) is 9.93. The third-order valence-electron chi connectivity index (χ3n) is 2.16. The van der Waals surface area contributed by atoms with Gasteiger partial charge >= 0.3 is 0 Å². The summed E-state index contributed by atoms with van der Waals surface area (Å²) in [6, 6.07) is 7.31. The highest BCUT2D eigenvalue weighted by atomic mass is 79.9. The lowest BCUT2D eigenvalue weighted by Crippen LogP contribution is -2.23. The number of carbonyl (C=O) groups excluding carboxylic acids is 1. The van der Waals surface area contributed by atoms with Crippen LogP contribution in [-0.4, -0.2) is 21.0 Å². The normalized spacial score (nSPS) is 10.4. The first kappa shape index (κ1) is 10.8. The van der Waals surface area contributed by atoms with Crippen LogP contribution in [0, 0.1) is 6.92 Å². The molecule has 1 heterocycles. The van der Waals surface area contributed by atoms with E-state index in [1.807, 2.05) is 24.3 Å². The van der Waals surface area contributed by atoms with E-state index in [9.17, 15) is 9.90 Å². The molecular formula is C10H7BrN3O2-. The molecule has 0 fully saturated rings. The van der Waals surface area contributed by atoms with Crippen molar-refractivity contribution < 1.29 is 9.90 Å². The van der Waals surface area contributed by atoms with Gasteiger partial charge < -0.3 is 9.90 Å². The number of aromatic carboxylic acids is 1. The predicted octanol–water partition coefficient (Wildman–Crippen LogP) is 0.702. The standard InChI is InChI=1S/C10H8BrN3O2/c1-6-9(10(15)16)12-13-14(6)8-4-2-7(11)3-5-8/h2-5H,1H3,(H,15,16)/p-1. The number of carbonyl (C=O) groups is 1. The summed E-state index contributed by atoms with van der Waals surface area (Å²) in [5.74, 6) is -1.32. The molecule has 0 N–H and O–H groups in total. The van der Waals surface area contributed by atoms with E-state index in [-0.39, 0.29) is 5.69 Å².